The molecule has 0 aliphatic rings. The van der Waals surface area contributed by atoms with Gasteiger partial charge in [0.2, 0.25) is 5.91 Å². The zero-order valence-corrected chi connectivity index (χ0v) is 14.1. The quantitative estimate of drug-likeness (QED) is 0.594. The predicted octanol–water partition coefficient (Wildman–Crippen LogP) is 2.90. The van der Waals surface area contributed by atoms with E-state index in [4.69, 9.17) is 4.74 Å². The van der Waals surface area contributed by atoms with Crippen LogP contribution in [0.4, 0.5) is 5.69 Å². The SMILES string of the molecule is C=CCn1c(C)nnc1SCCC(=O)Nc1ccccc1OC. The van der Waals surface area contributed by atoms with Crippen molar-refractivity contribution in [1.29, 1.82) is 0 Å². The summed E-state index contributed by atoms with van der Waals surface area (Å²) in [6.45, 7) is 6.29. The van der Waals surface area contributed by atoms with Gasteiger partial charge in [-0.05, 0) is 19.1 Å². The molecule has 0 atom stereocenters. The van der Waals surface area contributed by atoms with E-state index in [1.807, 2.05) is 35.8 Å². The zero-order valence-electron chi connectivity index (χ0n) is 13.3. The average Bonchev–Trinajstić information content (AvgIpc) is 2.89. The van der Waals surface area contributed by atoms with Gasteiger partial charge in [0, 0.05) is 18.7 Å². The molecule has 0 saturated carbocycles. The van der Waals surface area contributed by atoms with Gasteiger partial charge in [-0.15, -0.1) is 16.8 Å². The Morgan fingerprint density at radius 2 is 2.22 bits per heavy atom. The highest BCUT2D eigenvalue weighted by molar-refractivity contribution is 7.99. The van der Waals surface area contributed by atoms with Crippen molar-refractivity contribution in [1.82, 2.24) is 14.8 Å². The smallest absolute Gasteiger partial charge is 0.225 e. The summed E-state index contributed by atoms with van der Waals surface area (Å²) in [4.78, 5) is 12.0. The van der Waals surface area contributed by atoms with E-state index in [1.165, 1.54) is 11.8 Å². The maximum absolute atomic E-state index is 12.0. The van der Waals surface area contributed by atoms with Gasteiger partial charge in [0.05, 0.1) is 12.8 Å². The van der Waals surface area contributed by atoms with Crippen LogP contribution in [0, 0.1) is 6.92 Å². The number of ether oxygens (including phenoxy) is 1. The number of thioether (sulfide) groups is 1. The van der Waals surface area contributed by atoms with Gasteiger partial charge >= 0.3 is 0 Å². The summed E-state index contributed by atoms with van der Waals surface area (Å²) in [6, 6.07) is 7.34. The molecule has 0 bridgehead atoms. The minimum absolute atomic E-state index is 0.0616. The summed E-state index contributed by atoms with van der Waals surface area (Å²) in [5.74, 6) is 2.05. The number of allylic oxidation sites excluding steroid dienone is 1. The zero-order chi connectivity index (χ0) is 16.7. The first-order valence-electron chi connectivity index (χ1n) is 7.22. The highest BCUT2D eigenvalue weighted by Crippen LogP contribution is 2.23. The van der Waals surface area contributed by atoms with Gasteiger partial charge in [-0.1, -0.05) is 30.0 Å². The second-order valence-corrected chi connectivity index (χ2v) is 5.84. The molecule has 1 heterocycles. The summed E-state index contributed by atoms with van der Waals surface area (Å²) in [6.07, 6.45) is 2.18. The van der Waals surface area contributed by atoms with Crippen LogP contribution in [-0.4, -0.2) is 33.5 Å². The molecule has 0 unspecified atom stereocenters. The number of amides is 1. The molecule has 122 valence electrons. The minimum atomic E-state index is -0.0616. The van der Waals surface area contributed by atoms with Crippen LogP contribution in [0.25, 0.3) is 0 Å². The van der Waals surface area contributed by atoms with E-state index in [0.29, 0.717) is 30.2 Å². The van der Waals surface area contributed by atoms with E-state index in [-0.39, 0.29) is 5.91 Å². The Balaban J connectivity index is 1.87. The van der Waals surface area contributed by atoms with Gasteiger partial charge in [0.25, 0.3) is 0 Å². The number of methoxy groups -OCH3 is 1. The predicted molar refractivity (Wildman–Crippen MR) is 91.9 cm³/mol. The van der Waals surface area contributed by atoms with Crippen molar-refractivity contribution in [2.24, 2.45) is 0 Å². The lowest BCUT2D eigenvalue weighted by Crippen LogP contribution is -2.13. The molecule has 6 nitrogen and oxygen atoms in total. The Labute approximate surface area is 139 Å². The van der Waals surface area contributed by atoms with Crippen molar-refractivity contribution in [3.63, 3.8) is 0 Å². The first-order chi connectivity index (χ1) is 11.2. The molecule has 1 aromatic heterocycles. The van der Waals surface area contributed by atoms with Gasteiger partial charge in [0.15, 0.2) is 5.16 Å². The van der Waals surface area contributed by atoms with Gasteiger partial charge in [-0.25, -0.2) is 0 Å². The highest BCUT2D eigenvalue weighted by Gasteiger charge is 2.10. The molecule has 0 saturated heterocycles. The van der Waals surface area contributed by atoms with E-state index in [1.54, 1.807) is 13.2 Å². The Bertz CT molecular complexity index is 684. The molecule has 23 heavy (non-hydrogen) atoms. The molecule has 0 aliphatic heterocycles. The lowest BCUT2D eigenvalue weighted by molar-refractivity contribution is -0.115. The lowest BCUT2D eigenvalue weighted by atomic mass is 10.3. The number of anilines is 1. The van der Waals surface area contributed by atoms with Gasteiger partial charge in [-0.3, -0.25) is 4.79 Å². The van der Waals surface area contributed by atoms with Crippen LogP contribution in [0.15, 0.2) is 42.1 Å². The summed E-state index contributed by atoms with van der Waals surface area (Å²) in [5, 5.41) is 11.8. The first kappa shape index (κ1) is 17.1. The summed E-state index contributed by atoms with van der Waals surface area (Å²) in [5.41, 5.74) is 0.677. The fraction of sp³-hybridized carbons (Fsp3) is 0.312. The van der Waals surface area contributed by atoms with Crippen LogP contribution < -0.4 is 10.1 Å². The van der Waals surface area contributed by atoms with Gasteiger partial charge in [-0.2, -0.15) is 0 Å². The molecule has 0 radical (unpaired) electrons. The standard InChI is InChI=1S/C16H20N4O2S/c1-4-10-20-12(2)18-19-16(20)23-11-9-15(21)17-13-7-5-6-8-14(13)22-3/h4-8H,1,9-11H2,2-3H3,(H,17,21). The largest absolute Gasteiger partial charge is 0.495 e. The number of aromatic nitrogens is 3. The molecule has 0 fully saturated rings. The van der Waals surface area contributed by atoms with Crippen LogP contribution in [0.1, 0.15) is 12.2 Å². The summed E-state index contributed by atoms with van der Waals surface area (Å²) < 4.78 is 7.18. The molecule has 2 rings (SSSR count). The van der Waals surface area contributed by atoms with E-state index in [9.17, 15) is 4.79 Å². The molecule has 1 N–H and O–H groups in total. The van der Waals surface area contributed by atoms with E-state index in [2.05, 4.69) is 22.1 Å². The molecule has 0 aliphatic carbocycles. The number of para-hydroxylation sites is 2. The average molecular weight is 332 g/mol. The molecular formula is C16H20N4O2S. The third-order valence-electron chi connectivity index (χ3n) is 3.15. The molecular weight excluding hydrogens is 312 g/mol. The maximum atomic E-state index is 12.0. The number of carbonyl (C=O) groups excluding carboxylic acids is 1. The Kier molecular flexibility index (Phi) is 6.22. The van der Waals surface area contributed by atoms with E-state index >= 15 is 0 Å². The lowest BCUT2D eigenvalue weighted by Gasteiger charge is -2.09. The molecule has 1 amide bonds. The molecule has 2 aromatic rings. The number of nitrogens with one attached hydrogen (secondary N) is 1. The van der Waals surface area contributed by atoms with Crippen molar-refractivity contribution in [2.45, 2.75) is 25.0 Å². The number of hydrogen-bond acceptors (Lipinski definition) is 5. The number of carbonyl (C=O) groups is 1. The van der Waals surface area contributed by atoms with Crippen molar-refractivity contribution in [3.8, 4) is 5.75 Å². The number of benzene rings is 1. The normalized spacial score (nSPS) is 10.3. The number of hydrogen-bond donors (Lipinski definition) is 1. The fourth-order valence-corrected chi connectivity index (χ4v) is 2.93. The topological polar surface area (TPSA) is 69.0 Å². The van der Waals surface area contributed by atoms with E-state index in [0.717, 1.165) is 11.0 Å². The third-order valence-corrected chi connectivity index (χ3v) is 4.12. The summed E-state index contributed by atoms with van der Waals surface area (Å²) in [7, 11) is 1.58. The Hall–Kier alpha value is -2.28. The molecule has 7 heteroatoms. The van der Waals surface area contributed by atoms with Crippen LogP contribution in [-0.2, 0) is 11.3 Å². The third kappa shape index (κ3) is 4.59. The number of nitrogens with zero attached hydrogens (tertiary/aromatic N) is 3. The Morgan fingerprint density at radius 3 is 2.96 bits per heavy atom. The first-order valence-corrected chi connectivity index (χ1v) is 8.20. The monoisotopic (exact) mass is 332 g/mol. The van der Waals surface area contributed by atoms with Gasteiger partial charge in [0.1, 0.15) is 11.6 Å². The Morgan fingerprint density at radius 1 is 1.43 bits per heavy atom. The fourth-order valence-electron chi connectivity index (χ4n) is 2.00. The number of rotatable bonds is 8. The summed E-state index contributed by atoms with van der Waals surface area (Å²) >= 11 is 1.51. The maximum Gasteiger partial charge on any atom is 0.225 e. The van der Waals surface area contributed by atoms with Crippen molar-refractivity contribution in [2.75, 3.05) is 18.2 Å². The van der Waals surface area contributed by atoms with Crippen LogP contribution >= 0.6 is 11.8 Å². The number of aryl methyl sites for hydroxylation is 1. The van der Waals surface area contributed by atoms with Crippen molar-refractivity contribution < 1.29 is 9.53 Å². The van der Waals surface area contributed by atoms with Crippen molar-refractivity contribution >= 4 is 23.4 Å². The molecule has 1 aromatic carbocycles. The van der Waals surface area contributed by atoms with Crippen LogP contribution in [0.3, 0.4) is 0 Å². The second kappa shape index (κ2) is 8.38. The van der Waals surface area contributed by atoms with Gasteiger partial charge < -0.3 is 14.6 Å². The van der Waals surface area contributed by atoms with Crippen LogP contribution in [0.5, 0.6) is 5.75 Å². The van der Waals surface area contributed by atoms with Crippen LogP contribution in [0.2, 0.25) is 0 Å². The minimum Gasteiger partial charge on any atom is -0.495 e. The second-order valence-electron chi connectivity index (χ2n) is 4.78. The van der Waals surface area contributed by atoms with E-state index < -0.39 is 0 Å². The highest BCUT2D eigenvalue weighted by atomic mass is 32.2. The van der Waals surface area contributed by atoms with Crippen molar-refractivity contribution in [3.05, 3.63) is 42.7 Å². The molecule has 0 spiro atoms.